The molecule has 182 valence electrons. The molecule has 0 bridgehead atoms. The number of para-hydroxylation sites is 1. The van der Waals surface area contributed by atoms with Crippen molar-refractivity contribution in [2.24, 2.45) is 11.8 Å². The highest BCUT2D eigenvalue weighted by Crippen LogP contribution is 2.25. The Morgan fingerprint density at radius 2 is 1.79 bits per heavy atom. The van der Waals surface area contributed by atoms with Gasteiger partial charge in [-0.2, -0.15) is 0 Å². The Bertz CT molecular complexity index is 1130. The van der Waals surface area contributed by atoms with Crippen molar-refractivity contribution in [3.05, 3.63) is 48.2 Å². The molecule has 1 N–H and O–H groups in total. The molecule has 0 aliphatic heterocycles. The number of fused-ring (bicyclic) bond motifs is 1. The second kappa shape index (κ2) is 10.4. The third-order valence-electron chi connectivity index (χ3n) is 5.00. The van der Waals surface area contributed by atoms with Gasteiger partial charge in [0.25, 0.3) is 0 Å². The lowest BCUT2D eigenvalue weighted by Gasteiger charge is -2.23. The minimum absolute atomic E-state index is 0.0111. The van der Waals surface area contributed by atoms with Gasteiger partial charge in [-0.3, -0.25) is 4.79 Å². The van der Waals surface area contributed by atoms with E-state index < -0.39 is 33.7 Å². The molecule has 1 heterocycles. The van der Waals surface area contributed by atoms with Gasteiger partial charge in [0.15, 0.2) is 0 Å². The number of rotatable bonds is 8. The molecule has 2 aromatic rings. The molecule has 0 radical (unpaired) electrons. The number of benzene rings is 1. The maximum Gasteiger partial charge on any atom is 0.408 e. The SMILES string of the molecule is COC(=O)[C@H](/C=C/[C@H](Cc1cn(S(C)(=O)=O)c2ccccc12)NC(=O)OC(C)(C)C)C(C)C. The molecule has 0 saturated heterocycles. The number of esters is 1. The Balaban J connectivity index is 2.45. The van der Waals surface area contributed by atoms with Gasteiger partial charge >= 0.3 is 12.1 Å². The van der Waals surface area contributed by atoms with Crippen LogP contribution in [0.1, 0.15) is 40.2 Å². The largest absolute Gasteiger partial charge is 0.469 e. The summed E-state index contributed by atoms with van der Waals surface area (Å²) in [5.41, 5.74) is 0.613. The number of carbonyl (C=O) groups is 2. The van der Waals surface area contributed by atoms with E-state index >= 15 is 0 Å². The Morgan fingerprint density at radius 1 is 1.15 bits per heavy atom. The fraction of sp³-hybridized carbons (Fsp3) is 0.500. The summed E-state index contributed by atoms with van der Waals surface area (Å²) < 4.78 is 36.1. The monoisotopic (exact) mass is 478 g/mol. The van der Waals surface area contributed by atoms with Crippen LogP contribution in [0, 0.1) is 11.8 Å². The fourth-order valence-corrected chi connectivity index (χ4v) is 4.32. The molecule has 2 rings (SSSR count). The number of ether oxygens (including phenoxy) is 2. The number of hydrogen-bond donors (Lipinski definition) is 1. The Hall–Kier alpha value is -2.81. The zero-order valence-electron chi connectivity index (χ0n) is 20.3. The number of methoxy groups -OCH3 is 1. The summed E-state index contributed by atoms with van der Waals surface area (Å²) in [6.45, 7) is 9.11. The van der Waals surface area contributed by atoms with Gasteiger partial charge in [0.1, 0.15) is 5.60 Å². The Kier molecular flexibility index (Phi) is 8.35. The third-order valence-corrected chi connectivity index (χ3v) is 6.02. The van der Waals surface area contributed by atoms with Crippen LogP contribution in [0.2, 0.25) is 0 Å². The molecule has 1 aromatic heterocycles. The van der Waals surface area contributed by atoms with E-state index in [0.717, 1.165) is 17.2 Å². The van der Waals surface area contributed by atoms with Crippen molar-refractivity contribution >= 4 is 33.0 Å². The first-order chi connectivity index (χ1) is 15.2. The van der Waals surface area contributed by atoms with Crippen molar-refractivity contribution in [3.8, 4) is 0 Å². The summed E-state index contributed by atoms with van der Waals surface area (Å²) >= 11 is 0. The van der Waals surface area contributed by atoms with E-state index in [-0.39, 0.29) is 11.9 Å². The van der Waals surface area contributed by atoms with E-state index in [1.54, 1.807) is 51.3 Å². The van der Waals surface area contributed by atoms with E-state index in [4.69, 9.17) is 9.47 Å². The summed E-state index contributed by atoms with van der Waals surface area (Å²) in [6.07, 6.45) is 5.85. The van der Waals surface area contributed by atoms with Gasteiger partial charge in [-0.1, -0.05) is 44.2 Å². The van der Waals surface area contributed by atoms with Crippen LogP contribution in [-0.2, 0) is 30.7 Å². The topological polar surface area (TPSA) is 104 Å². The highest BCUT2D eigenvalue weighted by atomic mass is 32.2. The van der Waals surface area contributed by atoms with Crippen LogP contribution < -0.4 is 5.32 Å². The zero-order valence-corrected chi connectivity index (χ0v) is 21.1. The lowest BCUT2D eigenvalue weighted by molar-refractivity contribution is -0.145. The van der Waals surface area contributed by atoms with Crippen molar-refractivity contribution in [1.29, 1.82) is 0 Å². The average Bonchev–Trinajstić information content (AvgIpc) is 3.05. The van der Waals surface area contributed by atoms with Crippen LogP contribution in [-0.4, -0.2) is 49.5 Å². The standard InChI is InChI=1S/C24H34N2O6S/c1-16(2)19(22(27)31-6)13-12-18(25-23(28)32-24(3,4)5)14-17-15-26(33(7,29)30)21-11-9-8-10-20(17)21/h8-13,15-16,18-19H,14H2,1-7H3,(H,25,28)/b13-12+/t18-,19-/m1/s1. The fourth-order valence-electron chi connectivity index (χ4n) is 3.48. The molecule has 0 fully saturated rings. The molecule has 1 amide bonds. The number of amides is 1. The van der Waals surface area contributed by atoms with Crippen molar-refractivity contribution in [1.82, 2.24) is 9.29 Å². The van der Waals surface area contributed by atoms with Gasteiger partial charge < -0.3 is 14.8 Å². The van der Waals surface area contributed by atoms with E-state index in [1.165, 1.54) is 11.1 Å². The van der Waals surface area contributed by atoms with Crippen LogP contribution >= 0.6 is 0 Å². The first kappa shape index (κ1) is 26.4. The maximum atomic E-state index is 12.5. The van der Waals surface area contributed by atoms with Crippen LogP contribution in [0.15, 0.2) is 42.6 Å². The van der Waals surface area contributed by atoms with Crippen LogP contribution in [0.5, 0.6) is 0 Å². The molecule has 8 nitrogen and oxygen atoms in total. The maximum absolute atomic E-state index is 12.5. The number of nitrogens with one attached hydrogen (secondary N) is 1. The van der Waals surface area contributed by atoms with Gasteiger partial charge in [0, 0.05) is 11.6 Å². The molecule has 9 heteroatoms. The van der Waals surface area contributed by atoms with Gasteiger partial charge in [0.2, 0.25) is 10.0 Å². The zero-order chi connectivity index (χ0) is 25.0. The predicted octanol–water partition coefficient (Wildman–Crippen LogP) is 3.89. The summed E-state index contributed by atoms with van der Waals surface area (Å²) in [6, 6.07) is 6.62. The Labute approximate surface area is 196 Å². The molecule has 0 spiro atoms. The minimum Gasteiger partial charge on any atom is -0.469 e. The number of alkyl carbamates (subject to hydrolysis) is 1. The molecule has 0 unspecified atom stereocenters. The Morgan fingerprint density at radius 3 is 2.33 bits per heavy atom. The van der Waals surface area contributed by atoms with E-state index in [9.17, 15) is 18.0 Å². The van der Waals surface area contributed by atoms with Crippen molar-refractivity contribution in [3.63, 3.8) is 0 Å². The molecular weight excluding hydrogens is 444 g/mol. The molecule has 2 atom stereocenters. The average molecular weight is 479 g/mol. The van der Waals surface area contributed by atoms with Gasteiger partial charge in [-0.05, 0) is 44.7 Å². The molecular formula is C24H34N2O6S. The van der Waals surface area contributed by atoms with Crippen molar-refractivity contribution in [2.75, 3.05) is 13.4 Å². The first-order valence-electron chi connectivity index (χ1n) is 10.8. The van der Waals surface area contributed by atoms with Crippen molar-refractivity contribution in [2.45, 2.75) is 52.7 Å². The molecule has 33 heavy (non-hydrogen) atoms. The quantitative estimate of drug-likeness (QED) is 0.456. The van der Waals surface area contributed by atoms with Gasteiger partial charge in [0.05, 0.1) is 30.8 Å². The number of hydrogen-bond acceptors (Lipinski definition) is 6. The van der Waals surface area contributed by atoms with Crippen molar-refractivity contribution < 1.29 is 27.5 Å². The summed E-state index contributed by atoms with van der Waals surface area (Å²) in [4.78, 5) is 24.7. The normalized spacial score (nSPS) is 14.4. The summed E-state index contributed by atoms with van der Waals surface area (Å²) in [7, 11) is -2.18. The van der Waals surface area contributed by atoms with E-state index in [0.29, 0.717) is 11.9 Å². The molecule has 1 aromatic carbocycles. The van der Waals surface area contributed by atoms with Crippen LogP contribution in [0.25, 0.3) is 10.9 Å². The van der Waals surface area contributed by atoms with Gasteiger partial charge in [-0.25, -0.2) is 17.2 Å². The van der Waals surface area contributed by atoms with E-state index in [1.807, 2.05) is 26.0 Å². The number of aromatic nitrogens is 1. The number of nitrogens with zero attached hydrogens (tertiary/aromatic N) is 1. The minimum atomic E-state index is -3.52. The van der Waals surface area contributed by atoms with Crippen LogP contribution in [0.3, 0.4) is 0 Å². The van der Waals surface area contributed by atoms with Gasteiger partial charge in [-0.15, -0.1) is 0 Å². The first-order valence-corrected chi connectivity index (χ1v) is 12.6. The summed E-state index contributed by atoms with van der Waals surface area (Å²) in [5.74, 6) is -0.871. The molecule has 0 aliphatic carbocycles. The second-order valence-corrected chi connectivity index (χ2v) is 11.2. The third kappa shape index (κ3) is 7.35. The second-order valence-electron chi connectivity index (χ2n) is 9.37. The highest BCUT2D eigenvalue weighted by molar-refractivity contribution is 7.89. The predicted molar refractivity (Wildman–Crippen MR) is 129 cm³/mol. The molecule has 0 saturated carbocycles. The highest BCUT2D eigenvalue weighted by Gasteiger charge is 2.24. The van der Waals surface area contributed by atoms with E-state index in [2.05, 4.69) is 5.32 Å². The lowest BCUT2D eigenvalue weighted by atomic mass is 9.94. The number of carbonyl (C=O) groups excluding carboxylic acids is 2. The van der Waals surface area contributed by atoms with Crippen LogP contribution in [0.4, 0.5) is 4.79 Å². The molecule has 0 aliphatic rings. The smallest absolute Gasteiger partial charge is 0.408 e. The summed E-state index contributed by atoms with van der Waals surface area (Å²) in [5, 5.41) is 3.59. The lowest BCUT2D eigenvalue weighted by Crippen LogP contribution is -2.39.